The summed E-state index contributed by atoms with van der Waals surface area (Å²) >= 11 is 1.20. The minimum atomic E-state index is -0.456. The SMILES string of the molecule is C[C@@H](Sc1nnnn1-c1cccc(F)c1)C(=O)Nc1ccc(N2CCOCC2)cc1. The van der Waals surface area contributed by atoms with E-state index < -0.39 is 5.25 Å². The van der Waals surface area contributed by atoms with Gasteiger partial charge in [0.25, 0.3) is 0 Å². The van der Waals surface area contributed by atoms with Crippen LogP contribution in [0.5, 0.6) is 0 Å². The first kappa shape index (κ1) is 20.3. The number of rotatable bonds is 6. The summed E-state index contributed by atoms with van der Waals surface area (Å²) in [4.78, 5) is 14.9. The average Bonchev–Trinajstić information content (AvgIpc) is 3.23. The van der Waals surface area contributed by atoms with Crippen molar-refractivity contribution in [1.29, 1.82) is 0 Å². The fraction of sp³-hybridized carbons (Fsp3) is 0.300. The van der Waals surface area contributed by atoms with Crippen molar-refractivity contribution in [1.82, 2.24) is 20.2 Å². The number of ether oxygens (including phenoxy) is 1. The number of morpholine rings is 1. The van der Waals surface area contributed by atoms with Gasteiger partial charge in [0, 0.05) is 24.5 Å². The maximum atomic E-state index is 13.5. The third-order valence-electron chi connectivity index (χ3n) is 4.66. The number of hydrogen-bond acceptors (Lipinski definition) is 7. The normalized spacial score (nSPS) is 15.1. The Morgan fingerprint density at radius 1 is 1.17 bits per heavy atom. The molecule has 8 nitrogen and oxygen atoms in total. The summed E-state index contributed by atoms with van der Waals surface area (Å²) in [5, 5.41) is 14.4. The van der Waals surface area contributed by atoms with Crippen LogP contribution in [-0.4, -0.2) is 57.7 Å². The number of benzene rings is 2. The van der Waals surface area contributed by atoms with E-state index in [2.05, 4.69) is 25.7 Å². The lowest BCUT2D eigenvalue weighted by atomic mass is 10.2. The molecule has 1 N–H and O–H groups in total. The first-order valence-corrected chi connectivity index (χ1v) is 10.4. The zero-order chi connectivity index (χ0) is 20.9. The van der Waals surface area contributed by atoms with Gasteiger partial charge in [0.2, 0.25) is 11.1 Å². The molecular formula is C20H21FN6O2S. The first-order valence-electron chi connectivity index (χ1n) is 9.55. The number of hydrogen-bond donors (Lipinski definition) is 1. The first-order chi connectivity index (χ1) is 14.6. The van der Waals surface area contributed by atoms with E-state index in [-0.39, 0.29) is 11.7 Å². The Morgan fingerprint density at radius 3 is 2.67 bits per heavy atom. The number of halogens is 1. The van der Waals surface area contributed by atoms with Crippen molar-refractivity contribution in [3.63, 3.8) is 0 Å². The Kier molecular flexibility index (Phi) is 6.24. The minimum absolute atomic E-state index is 0.173. The summed E-state index contributed by atoms with van der Waals surface area (Å²) in [6, 6.07) is 13.7. The summed E-state index contributed by atoms with van der Waals surface area (Å²) in [6.07, 6.45) is 0. The Hall–Kier alpha value is -2.98. The van der Waals surface area contributed by atoms with Crippen LogP contribution in [0.3, 0.4) is 0 Å². The van der Waals surface area contributed by atoms with Crippen LogP contribution in [0.4, 0.5) is 15.8 Å². The van der Waals surface area contributed by atoms with Crippen LogP contribution in [-0.2, 0) is 9.53 Å². The minimum Gasteiger partial charge on any atom is -0.378 e. The Labute approximate surface area is 177 Å². The van der Waals surface area contributed by atoms with Gasteiger partial charge in [0.1, 0.15) is 5.82 Å². The highest BCUT2D eigenvalue weighted by Gasteiger charge is 2.20. The van der Waals surface area contributed by atoms with Crippen molar-refractivity contribution in [3.8, 4) is 5.69 Å². The lowest BCUT2D eigenvalue weighted by Gasteiger charge is -2.28. The third kappa shape index (κ3) is 4.77. The summed E-state index contributed by atoms with van der Waals surface area (Å²) in [5.74, 6) is -0.557. The predicted molar refractivity (Wildman–Crippen MR) is 113 cm³/mol. The highest BCUT2D eigenvalue weighted by atomic mass is 32.2. The monoisotopic (exact) mass is 428 g/mol. The van der Waals surface area contributed by atoms with E-state index in [0.29, 0.717) is 16.5 Å². The molecular weight excluding hydrogens is 407 g/mol. The van der Waals surface area contributed by atoms with Crippen molar-refractivity contribution < 1.29 is 13.9 Å². The third-order valence-corrected chi connectivity index (χ3v) is 5.69. The quantitative estimate of drug-likeness (QED) is 0.604. The number of nitrogens with zero attached hydrogens (tertiary/aromatic N) is 5. The molecule has 0 saturated carbocycles. The largest absolute Gasteiger partial charge is 0.378 e. The summed E-state index contributed by atoms with van der Waals surface area (Å²) < 4.78 is 20.3. The topological polar surface area (TPSA) is 85.2 Å². The summed E-state index contributed by atoms with van der Waals surface area (Å²) in [5.41, 5.74) is 2.32. The highest BCUT2D eigenvalue weighted by Crippen LogP contribution is 2.25. The van der Waals surface area contributed by atoms with Gasteiger partial charge < -0.3 is 15.0 Å². The number of anilines is 2. The van der Waals surface area contributed by atoms with Gasteiger partial charge in [0.15, 0.2) is 0 Å². The smallest absolute Gasteiger partial charge is 0.237 e. The standard InChI is InChI=1S/C20H21FN6O2S/c1-14(30-20-23-24-25-27(20)18-4-2-3-15(21)13-18)19(28)22-16-5-7-17(8-6-16)26-9-11-29-12-10-26/h2-8,13-14H,9-12H2,1H3,(H,22,28)/t14-/m1/s1. The second kappa shape index (κ2) is 9.23. The van der Waals surface area contributed by atoms with E-state index in [1.807, 2.05) is 24.3 Å². The summed E-state index contributed by atoms with van der Waals surface area (Å²) in [6.45, 7) is 4.94. The fourth-order valence-corrected chi connectivity index (χ4v) is 3.86. The maximum Gasteiger partial charge on any atom is 0.237 e. The average molecular weight is 428 g/mol. The van der Waals surface area contributed by atoms with Gasteiger partial charge >= 0.3 is 0 Å². The molecule has 0 bridgehead atoms. The lowest BCUT2D eigenvalue weighted by molar-refractivity contribution is -0.115. The number of amides is 1. The molecule has 0 spiro atoms. The number of thioether (sulfide) groups is 1. The van der Waals surface area contributed by atoms with Gasteiger partial charge in [-0.2, -0.15) is 4.68 Å². The second-order valence-corrected chi connectivity index (χ2v) is 8.06. The van der Waals surface area contributed by atoms with Crippen molar-refractivity contribution in [2.45, 2.75) is 17.3 Å². The molecule has 4 rings (SSSR count). The molecule has 0 aliphatic carbocycles. The van der Waals surface area contributed by atoms with Crippen LogP contribution in [0.2, 0.25) is 0 Å². The molecule has 0 radical (unpaired) electrons. The molecule has 1 saturated heterocycles. The predicted octanol–water partition coefficient (Wildman–Crippen LogP) is 2.76. The van der Waals surface area contributed by atoms with Gasteiger partial charge in [-0.3, -0.25) is 4.79 Å². The molecule has 1 atom stereocenters. The number of carbonyl (C=O) groups excluding carboxylic acids is 1. The molecule has 3 aromatic rings. The Balaban J connectivity index is 1.38. The number of nitrogens with one attached hydrogen (secondary N) is 1. The Bertz CT molecular complexity index is 1010. The van der Waals surface area contributed by atoms with Crippen molar-refractivity contribution in [2.24, 2.45) is 0 Å². The molecule has 156 valence electrons. The van der Waals surface area contributed by atoms with Crippen molar-refractivity contribution in [2.75, 3.05) is 36.5 Å². The Morgan fingerprint density at radius 2 is 1.93 bits per heavy atom. The number of carbonyl (C=O) groups is 1. The van der Waals surface area contributed by atoms with E-state index >= 15 is 0 Å². The van der Waals surface area contributed by atoms with E-state index in [4.69, 9.17) is 4.74 Å². The van der Waals surface area contributed by atoms with E-state index in [1.165, 1.54) is 28.6 Å². The van der Waals surface area contributed by atoms with Gasteiger partial charge in [0.05, 0.1) is 24.2 Å². The lowest BCUT2D eigenvalue weighted by Crippen LogP contribution is -2.36. The van der Waals surface area contributed by atoms with Crippen LogP contribution < -0.4 is 10.2 Å². The number of tetrazole rings is 1. The van der Waals surface area contributed by atoms with E-state index in [0.717, 1.165) is 32.0 Å². The fourth-order valence-electron chi connectivity index (χ4n) is 3.05. The summed E-state index contributed by atoms with van der Waals surface area (Å²) in [7, 11) is 0. The molecule has 1 fully saturated rings. The highest BCUT2D eigenvalue weighted by molar-refractivity contribution is 8.00. The van der Waals surface area contributed by atoms with Crippen LogP contribution in [0.1, 0.15) is 6.92 Å². The van der Waals surface area contributed by atoms with Crippen LogP contribution >= 0.6 is 11.8 Å². The van der Waals surface area contributed by atoms with Crippen LogP contribution in [0, 0.1) is 5.82 Å². The zero-order valence-corrected chi connectivity index (χ0v) is 17.2. The number of aromatic nitrogens is 4. The van der Waals surface area contributed by atoms with Gasteiger partial charge in [-0.25, -0.2) is 4.39 Å². The van der Waals surface area contributed by atoms with Crippen molar-refractivity contribution in [3.05, 3.63) is 54.3 Å². The molecule has 10 heteroatoms. The van der Waals surface area contributed by atoms with Gasteiger partial charge in [-0.15, -0.1) is 5.10 Å². The second-order valence-electron chi connectivity index (χ2n) is 6.75. The zero-order valence-electron chi connectivity index (χ0n) is 16.4. The van der Waals surface area contributed by atoms with Crippen molar-refractivity contribution >= 4 is 29.0 Å². The van der Waals surface area contributed by atoms with Crippen LogP contribution in [0.25, 0.3) is 5.69 Å². The molecule has 2 heterocycles. The van der Waals surface area contributed by atoms with Gasteiger partial charge in [-0.1, -0.05) is 17.8 Å². The molecule has 1 aliphatic rings. The van der Waals surface area contributed by atoms with Gasteiger partial charge in [-0.05, 0) is 59.8 Å². The molecule has 1 amide bonds. The van der Waals surface area contributed by atoms with E-state index in [9.17, 15) is 9.18 Å². The molecule has 2 aromatic carbocycles. The van der Waals surface area contributed by atoms with Crippen LogP contribution in [0.15, 0.2) is 53.7 Å². The molecule has 30 heavy (non-hydrogen) atoms. The molecule has 1 aliphatic heterocycles. The molecule has 0 unspecified atom stereocenters. The van der Waals surface area contributed by atoms with E-state index in [1.54, 1.807) is 19.1 Å². The molecule has 1 aromatic heterocycles. The maximum absolute atomic E-state index is 13.5.